The number of nitrogens with two attached hydrogens (primary N) is 1. The fraction of sp³-hybridized carbons (Fsp3) is 0.231. The van der Waals surface area contributed by atoms with Crippen LogP contribution in [-0.2, 0) is 6.42 Å². The zero-order valence-electron chi connectivity index (χ0n) is 10.1. The highest BCUT2D eigenvalue weighted by Gasteiger charge is 2.11. The molecule has 5 heteroatoms. The van der Waals surface area contributed by atoms with E-state index in [2.05, 4.69) is 5.10 Å². The third-order valence-corrected chi connectivity index (χ3v) is 2.74. The number of hydrogen-bond donors (Lipinski definition) is 2. The number of anilines is 1. The Morgan fingerprint density at radius 1 is 1.50 bits per heavy atom. The summed E-state index contributed by atoms with van der Waals surface area (Å²) in [5.41, 5.74) is 7.61. The molecule has 0 fully saturated rings. The highest BCUT2D eigenvalue weighted by atomic mass is 16.1. The Bertz CT molecular complexity index is 660. The van der Waals surface area contributed by atoms with Crippen molar-refractivity contribution in [3.63, 3.8) is 0 Å². The maximum absolute atomic E-state index is 12.0. The third-order valence-electron chi connectivity index (χ3n) is 2.74. The Labute approximate surface area is 104 Å². The van der Waals surface area contributed by atoms with E-state index in [1.54, 1.807) is 24.3 Å². The first-order valence-corrected chi connectivity index (χ1v) is 5.77. The Hall–Kier alpha value is -2.48. The van der Waals surface area contributed by atoms with Gasteiger partial charge in [0.05, 0.1) is 23.0 Å². The highest BCUT2D eigenvalue weighted by molar-refractivity contribution is 5.46. The molecule has 0 aliphatic carbocycles. The molecule has 0 radical (unpaired) electrons. The molecule has 2 aromatic rings. The van der Waals surface area contributed by atoms with Gasteiger partial charge < -0.3 is 5.73 Å². The number of nitriles is 1. The van der Waals surface area contributed by atoms with Crippen LogP contribution in [0.4, 0.5) is 5.69 Å². The van der Waals surface area contributed by atoms with E-state index < -0.39 is 0 Å². The van der Waals surface area contributed by atoms with E-state index in [0.29, 0.717) is 11.3 Å². The molecule has 0 aliphatic heterocycles. The molecule has 0 saturated heterocycles. The van der Waals surface area contributed by atoms with Gasteiger partial charge in [0, 0.05) is 0 Å². The summed E-state index contributed by atoms with van der Waals surface area (Å²) in [7, 11) is 0. The normalized spacial score (nSPS) is 10.2. The van der Waals surface area contributed by atoms with Crippen molar-refractivity contribution >= 4 is 5.69 Å². The van der Waals surface area contributed by atoms with Crippen LogP contribution in [0.25, 0.3) is 5.69 Å². The summed E-state index contributed by atoms with van der Waals surface area (Å²) in [6.07, 6.45) is 1.63. The molecule has 1 aromatic carbocycles. The van der Waals surface area contributed by atoms with Gasteiger partial charge in [-0.25, -0.2) is 4.68 Å². The van der Waals surface area contributed by atoms with Gasteiger partial charge in [0.2, 0.25) is 0 Å². The molecular weight excluding hydrogens is 228 g/mol. The summed E-state index contributed by atoms with van der Waals surface area (Å²) < 4.78 is 1.38. The Kier molecular flexibility index (Phi) is 3.20. The van der Waals surface area contributed by atoms with Gasteiger partial charge in [-0.1, -0.05) is 19.4 Å². The largest absolute Gasteiger partial charge is 0.393 e. The Balaban J connectivity index is 2.54. The lowest BCUT2D eigenvalue weighted by Gasteiger charge is -2.01. The monoisotopic (exact) mass is 242 g/mol. The fourth-order valence-corrected chi connectivity index (χ4v) is 1.83. The van der Waals surface area contributed by atoms with Crippen LogP contribution < -0.4 is 11.3 Å². The van der Waals surface area contributed by atoms with Crippen molar-refractivity contribution in [2.24, 2.45) is 0 Å². The van der Waals surface area contributed by atoms with Gasteiger partial charge in [0.15, 0.2) is 0 Å². The van der Waals surface area contributed by atoms with E-state index in [1.165, 1.54) is 4.68 Å². The number of nitrogens with one attached hydrogen (secondary N) is 1. The zero-order valence-corrected chi connectivity index (χ0v) is 10.1. The number of aromatic amines is 1. The number of nitrogens with zero attached hydrogens (tertiary/aromatic N) is 2. The molecule has 0 unspecified atom stereocenters. The van der Waals surface area contributed by atoms with E-state index in [-0.39, 0.29) is 11.2 Å². The second-order valence-corrected chi connectivity index (χ2v) is 4.06. The van der Waals surface area contributed by atoms with Crippen LogP contribution in [0.2, 0.25) is 0 Å². The zero-order chi connectivity index (χ0) is 13.1. The number of rotatable bonds is 3. The highest BCUT2D eigenvalue weighted by Crippen LogP contribution is 2.12. The summed E-state index contributed by atoms with van der Waals surface area (Å²) in [5, 5.41) is 11.8. The van der Waals surface area contributed by atoms with E-state index in [9.17, 15) is 4.79 Å². The van der Waals surface area contributed by atoms with Crippen molar-refractivity contribution in [3.05, 3.63) is 45.9 Å². The average Bonchev–Trinajstić information content (AvgIpc) is 2.68. The van der Waals surface area contributed by atoms with Crippen molar-refractivity contribution in [1.82, 2.24) is 9.78 Å². The van der Waals surface area contributed by atoms with Gasteiger partial charge in [-0.3, -0.25) is 9.89 Å². The number of hydrogen-bond acceptors (Lipinski definition) is 3. The minimum absolute atomic E-state index is 0.249. The number of nitrogen functional groups attached to an aromatic ring is 1. The predicted octanol–water partition coefficient (Wildman–Crippen LogP) is 1.57. The van der Waals surface area contributed by atoms with Gasteiger partial charge in [-0.15, -0.1) is 0 Å². The molecule has 5 nitrogen and oxygen atoms in total. The number of aryl methyl sites for hydroxylation is 1. The molecule has 92 valence electrons. The molecule has 0 spiro atoms. The molecule has 0 atom stereocenters. The van der Waals surface area contributed by atoms with Crippen molar-refractivity contribution in [2.45, 2.75) is 19.8 Å². The lowest BCUT2D eigenvalue weighted by molar-refractivity contribution is 0.793. The SMILES string of the molecule is CCCc1[nH]n(-c2cccc(C#N)c2)c(=O)c1N. The molecule has 3 N–H and O–H groups in total. The first-order valence-electron chi connectivity index (χ1n) is 5.77. The van der Waals surface area contributed by atoms with Crippen molar-refractivity contribution in [3.8, 4) is 11.8 Å². The van der Waals surface area contributed by atoms with Gasteiger partial charge >= 0.3 is 0 Å². The topological polar surface area (TPSA) is 87.6 Å². The molecular formula is C13H14N4O. The molecule has 0 amide bonds. The van der Waals surface area contributed by atoms with E-state index in [4.69, 9.17) is 11.0 Å². The van der Waals surface area contributed by atoms with Crippen LogP contribution in [0.1, 0.15) is 24.6 Å². The van der Waals surface area contributed by atoms with E-state index >= 15 is 0 Å². The first-order chi connectivity index (χ1) is 8.67. The lowest BCUT2D eigenvalue weighted by Crippen LogP contribution is -2.16. The number of aromatic nitrogens is 2. The second kappa shape index (κ2) is 4.80. The summed E-state index contributed by atoms with van der Waals surface area (Å²) >= 11 is 0. The number of benzene rings is 1. The molecule has 18 heavy (non-hydrogen) atoms. The standard InChI is InChI=1S/C13H14N4O/c1-2-4-11-12(15)13(18)17(16-11)10-6-3-5-9(7-10)8-14/h3,5-7,16H,2,4,15H2,1H3. The van der Waals surface area contributed by atoms with Crippen molar-refractivity contribution in [1.29, 1.82) is 5.26 Å². The summed E-state index contributed by atoms with van der Waals surface area (Å²) in [5.74, 6) is 0. The molecule has 0 bridgehead atoms. The quantitative estimate of drug-likeness (QED) is 0.856. The smallest absolute Gasteiger partial charge is 0.294 e. The minimum Gasteiger partial charge on any atom is -0.393 e. The van der Waals surface area contributed by atoms with Crippen molar-refractivity contribution < 1.29 is 0 Å². The van der Waals surface area contributed by atoms with Gasteiger partial charge in [0.25, 0.3) is 5.56 Å². The summed E-state index contributed by atoms with van der Waals surface area (Å²) in [6, 6.07) is 8.87. The Morgan fingerprint density at radius 3 is 2.94 bits per heavy atom. The van der Waals surface area contributed by atoms with Crippen LogP contribution in [-0.4, -0.2) is 9.78 Å². The van der Waals surface area contributed by atoms with Gasteiger partial charge in [0.1, 0.15) is 5.69 Å². The molecule has 1 heterocycles. The van der Waals surface area contributed by atoms with Crippen molar-refractivity contribution in [2.75, 3.05) is 5.73 Å². The van der Waals surface area contributed by atoms with Gasteiger partial charge in [-0.05, 0) is 24.6 Å². The number of H-pyrrole nitrogens is 1. The first kappa shape index (κ1) is 12.0. The van der Waals surface area contributed by atoms with Crippen LogP contribution in [0, 0.1) is 11.3 Å². The van der Waals surface area contributed by atoms with Crippen LogP contribution >= 0.6 is 0 Å². The molecule has 0 saturated carbocycles. The maximum Gasteiger partial charge on any atom is 0.294 e. The molecule has 0 aliphatic rings. The van der Waals surface area contributed by atoms with Crippen LogP contribution in [0.15, 0.2) is 29.1 Å². The van der Waals surface area contributed by atoms with Gasteiger partial charge in [-0.2, -0.15) is 5.26 Å². The van der Waals surface area contributed by atoms with E-state index in [0.717, 1.165) is 18.5 Å². The summed E-state index contributed by atoms with van der Waals surface area (Å²) in [6.45, 7) is 2.02. The predicted molar refractivity (Wildman–Crippen MR) is 69.5 cm³/mol. The third kappa shape index (κ3) is 2.00. The average molecular weight is 242 g/mol. The lowest BCUT2D eigenvalue weighted by atomic mass is 10.2. The second-order valence-electron chi connectivity index (χ2n) is 4.06. The summed E-state index contributed by atoms with van der Waals surface area (Å²) in [4.78, 5) is 12.0. The molecule has 1 aromatic heterocycles. The molecule has 2 rings (SSSR count). The maximum atomic E-state index is 12.0. The van der Waals surface area contributed by atoms with Crippen LogP contribution in [0.5, 0.6) is 0 Å². The minimum atomic E-state index is -0.270. The Morgan fingerprint density at radius 2 is 2.28 bits per heavy atom. The van der Waals surface area contributed by atoms with Crippen LogP contribution in [0.3, 0.4) is 0 Å². The van der Waals surface area contributed by atoms with E-state index in [1.807, 2.05) is 13.0 Å². The fourth-order valence-electron chi connectivity index (χ4n) is 1.83.